The Labute approximate surface area is 116 Å². The average Bonchev–Trinajstić information content (AvgIpc) is 3.03. The molecule has 0 saturated heterocycles. The zero-order valence-corrected chi connectivity index (χ0v) is 11.8. The van der Waals surface area contributed by atoms with Crippen LogP contribution in [0.2, 0.25) is 0 Å². The lowest BCUT2D eigenvalue weighted by molar-refractivity contribution is 0.408. The van der Waals surface area contributed by atoms with Crippen molar-refractivity contribution in [1.82, 2.24) is 20.2 Å². The van der Waals surface area contributed by atoms with Crippen molar-refractivity contribution in [3.05, 3.63) is 35.7 Å². The first-order chi connectivity index (χ1) is 9.65. The van der Waals surface area contributed by atoms with Gasteiger partial charge in [0.1, 0.15) is 11.8 Å². The molecule has 1 N–H and O–H groups in total. The minimum Gasteiger partial charge on any atom is -0.381 e. The van der Waals surface area contributed by atoms with Crippen LogP contribution in [0.1, 0.15) is 31.0 Å². The predicted molar refractivity (Wildman–Crippen MR) is 76.4 cm³/mol. The van der Waals surface area contributed by atoms with Gasteiger partial charge in [-0.1, -0.05) is 24.2 Å². The zero-order chi connectivity index (χ0) is 14.1. The lowest BCUT2D eigenvalue weighted by atomic mass is 10.1. The van der Waals surface area contributed by atoms with Gasteiger partial charge >= 0.3 is 0 Å². The standard InChI is InChI=1S/C14H17N5O/c1-9(2)14-10(8-20-17-14)7-15-11-4-5-13-12(6-11)16-18-19(13)3/h4-6,8-9,15H,7H2,1-3H3. The Morgan fingerprint density at radius 1 is 1.35 bits per heavy atom. The number of rotatable bonds is 4. The van der Waals surface area contributed by atoms with Gasteiger partial charge in [-0.05, 0) is 24.1 Å². The van der Waals surface area contributed by atoms with E-state index in [4.69, 9.17) is 4.52 Å². The van der Waals surface area contributed by atoms with Crippen LogP contribution in [0.5, 0.6) is 0 Å². The summed E-state index contributed by atoms with van der Waals surface area (Å²) in [6, 6.07) is 6.02. The van der Waals surface area contributed by atoms with Gasteiger partial charge in [-0.2, -0.15) is 0 Å². The third-order valence-electron chi connectivity index (χ3n) is 3.32. The number of benzene rings is 1. The quantitative estimate of drug-likeness (QED) is 0.790. The Morgan fingerprint density at radius 3 is 3.00 bits per heavy atom. The summed E-state index contributed by atoms with van der Waals surface area (Å²) in [6.45, 7) is 4.89. The molecule has 0 unspecified atom stereocenters. The van der Waals surface area contributed by atoms with E-state index in [2.05, 4.69) is 34.6 Å². The van der Waals surface area contributed by atoms with Gasteiger partial charge in [-0.15, -0.1) is 5.10 Å². The number of aryl methyl sites for hydroxylation is 1. The van der Waals surface area contributed by atoms with Crippen LogP contribution >= 0.6 is 0 Å². The number of nitrogens with zero attached hydrogens (tertiary/aromatic N) is 4. The maximum Gasteiger partial charge on any atom is 0.129 e. The maximum atomic E-state index is 5.05. The van der Waals surface area contributed by atoms with Crippen molar-refractivity contribution < 1.29 is 4.52 Å². The Bertz CT molecular complexity index is 728. The van der Waals surface area contributed by atoms with E-state index in [1.54, 1.807) is 10.9 Å². The fraction of sp³-hybridized carbons (Fsp3) is 0.357. The fourth-order valence-corrected chi connectivity index (χ4v) is 2.22. The first-order valence-corrected chi connectivity index (χ1v) is 6.61. The van der Waals surface area contributed by atoms with Gasteiger partial charge in [-0.3, -0.25) is 0 Å². The van der Waals surface area contributed by atoms with Crippen molar-refractivity contribution in [3.63, 3.8) is 0 Å². The molecule has 0 aliphatic carbocycles. The first kappa shape index (κ1) is 12.7. The molecule has 2 heterocycles. The number of anilines is 1. The zero-order valence-electron chi connectivity index (χ0n) is 11.8. The molecule has 0 aliphatic rings. The molecule has 0 atom stereocenters. The van der Waals surface area contributed by atoms with Crippen molar-refractivity contribution in [2.24, 2.45) is 7.05 Å². The van der Waals surface area contributed by atoms with Crippen LogP contribution in [0.15, 0.2) is 29.0 Å². The van der Waals surface area contributed by atoms with Crippen molar-refractivity contribution >= 4 is 16.7 Å². The molecule has 20 heavy (non-hydrogen) atoms. The number of hydrogen-bond acceptors (Lipinski definition) is 5. The van der Waals surface area contributed by atoms with Gasteiger partial charge in [0.25, 0.3) is 0 Å². The van der Waals surface area contributed by atoms with E-state index in [9.17, 15) is 0 Å². The maximum absolute atomic E-state index is 5.05. The Balaban J connectivity index is 1.78. The molecule has 0 radical (unpaired) electrons. The monoisotopic (exact) mass is 271 g/mol. The second kappa shape index (κ2) is 4.96. The summed E-state index contributed by atoms with van der Waals surface area (Å²) >= 11 is 0. The van der Waals surface area contributed by atoms with Crippen molar-refractivity contribution in [2.75, 3.05) is 5.32 Å². The molecule has 2 aromatic heterocycles. The van der Waals surface area contributed by atoms with Crippen LogP contribution in [0.3, 0.4) is 0 Å². The van der Waals surface area contributed by atoms with Gasteiger partial charge < -0.3 is 9.84 Å². The van der Waals surface area contributed by atoms with E-state index in [-0.39, 0.29) is 0 Å². The molecule has 0 bridgehead atoms. The second-order valence-corrected chi connectivity index (χ2v) is 5.15. The molecular weight excluding hydrogens is 254 g/mol. The van der Waals surface area contributed by atoms with Crippen LogP contribution in [-0.2, 0) is 13.6 Å². The molecular formula is C14H17N5O. The third-order valence-corrected chi connectivity index (χ3v) is 3.32. The summed E-state index contributed by atoms with van der Waals surface area (Å²) in [5, 5.41) is 15.5. The van der Waals surface area contributed by atoms with Crippen molar-refractivity contribution in [3.8, 4) is 0 Å². The second-order valence-electron chi connectivity index (χ2n) is 5.15. The number of hydrogen-bond donors (Lipinski definition) is 1. The number of nitrogens with one attached hydrogen (secondary N) is 1. The highest BCUT2D eigenvalue weighted by molar-refractivity contribution is 5.78. The van der Waals surface area contributed by atoms with Crippen LogP contribution in [0.25, 0.3) is 11.0 Å². The fourth-order valence-electron chi connectivity index (χ4n) is 2.22. The molecule has 3 rings (SSSR count). The van der Waals surface area contributed by atoms with Crippen molar-refractivity contribution in [1.29, 1.82) is 0 Å². The van der Waals surface area contributed by atoms with Gasteiger partial charge in [0.2, 0.25) is 0 Å². The summed E-state index contributed by atoms with van der Waals surface area (Å²) in [4.78, 5) is 0. The molecule has 0 spiro atoms. The topological polar surface area (TPSA) is 68.8 Å². The molecule has 104 valence electrons. The molecule has 6 heteroatoms. The summed E-state index contributed by atoms with van der Waals surface area (Å²) in [5.41, 5.74) is 4.99. The SMILES string of the molecule is CC(C)c1nocc1CNc1ccc2c(c1)nnn2C. The average molecular weight is 271 g/mol. The predicted octanol–water partition coefficient (Wildman–Crippen LogP) is 2.69. The number of fused-ring (bicyclic) bond motifs is 1. The molecule has 0 saturated carbocycles. The van der Waals surface area contributed by atoms with Crippen molar-refractivity contribution in [2.45, 2.75) is 26.3 Å². The van der Waals surface area contributed by atoms with E-state index >= 15 is 0 Å². The van der Waals surface area contributed by atoms with E-state index in [1.165, 1.54) is 0 Å². The van der Waals surface area contributed by atoms with E-state index < -0.39 is 0 Å². The van der Waals surface area contributed by atoms with Crippen LogP contribution < -0.4 is 5.32 Å². The van der Waals surface area contributed by atoms with Gasteiger partial charge in [0, 0.05) is 24.8 Å². The van der Waals surface area contributed by atoms with Crippen LogP contribution in [0.4, 0.5) is 5.69 Å². The Hall–Kier alpha value is -2.37. The summed E-state index contributed by atoms with van der Waals surface area (Å²) < 4.78 is 6.81. The summed E-state index contributed by atoms with van der Waals surface area (Å²) in [7, 11) is 1.88. The van der Waals surface area contributed by atoms with E-state index in [1.807, 2.05) is 25.2 Å². The normalized spacial score (nSPS) is 11.4. The third kappa shape index (κ3) is 2.24. The van der Waals surface area contributed by atoms with Gasteiger partial charge in [0.15, 0.2) is 0 Å². The summed E-state index contributed by atoms with van der Waals surface area (Å²) in [5.74, 6) is 0.355. The molecule has 1 aromatic carbocycles. The summed E-state index contributed by atoms with van der Waals surface area (Å²) in [6.07, 6.45) is 1.70. The minimum atomic E-state index is 0.355. The lowest BCUT2D eigenvalue weighted by Crippen LogP contribution is -2.02. The van der Waals surface area contributed by atoms with E-state index in [0.29, 0.717) is 12.5 Å². The highest BCUT2D eigenvalue weighted by atomic mass is 16.5. The number of aromatic nitrogens is 4. The highest BCUT2D eigenvalue weighted by Crippen LogP contribution is 2.20. The lowest BCUT2D eigenvalue weighted by Gasteiger charge is -2.07. The Kier molecular flexibility index (Phi) is 3.14. The van der Waals surface area contributed by atoms with E-state index in [0.717, 1.165) is 28.0 Å². The molecule has 0 fully saturated rings. The van der Waals surface area contributed by atoms with Gasteiger partial charge in [-0.25, -0.2) is 4.68 Å². The highest BCUT2D eigenvalue weighted by Gasteiger charge is 2.11. The molecule has 3 aromatic rings. The van der Waals surface area contributed by atoms with Crippen LogP contribution in [0, 0.1) is 0 Å². The molecule has 6 nitrogen and oxygen atoms in total. The van der Waals surface area contributed by atoms with Gasteiger partial charge in [0.05, 0.1) is 11.2 Å². The molecule has 0 aliphatic heterocycles. The first-order valence-electron chi connectivity index (χ1n) is 6.61. The largest absolute Gasteiger partial charge is 0.381 e. The van der Waals surface area contributed by atoms with Crippen LogP contribution in [-0.4, -0.2) is 20.2 Å². The smallest absolute Gasteiger partial charge is 0.129 e. The minimum absolute atomic E-state index is 0.355. The Morgan fingerprint density at radius 2 is 2.20 bits per heavy atom. The molecule has 0 amide bonds.